The number of hydrogen-bond donors (Lipinski definition) is 1. The highest BCUT2D eigenvalue weighted by Gasteiger charge is 2.34. The molecule has 0 aliphatic carbocycles. The molecule has 1 unspecified atom stereocenters. The van der Waals surface area contributed by atoms with Crippen LogP contribution >= 0.6 is 15.9 Å². The second-order valence-electron chi connectivity index (χ2n) is 4.28. The first-order chi connectivity index (χ1) is 8.05. The smallest absolute Gasteiger partial charge is 0.151 e. The Bertz CT molecular complexity index is 414. The van der Waals surface area contributed by atoms with Crippen LogP contribution < -0.4 is 5.32 Å². The average Bonchev–Trinajstić information content (AvgIpc) is 2.31. The van der Waals surface area contributed by atoms with E-state index < -0.39 is 5.54 Å². The Balaban J connectivity index is 3.03. The number of halogens is 1. The highest BCUT2D eigenvalue weighted by Crippen LogP contribution is 2.28. The average molecular weight is 297 g/mol. The Morgan fingerprint density at radius 2 is 2.12 bits per heavy atom. The van der Waals surface area contributed by atoms with Gasteiger partial charge in [-0.25, -0.2) is 0 Å². The first-order valence-electron chi connectivity index (χ1n) is 5.48. The second-order valence-corrected chi connectivity index (χ2v) is 5.13. The highest BCUT2D eigenvalue weighted by atomic mass is 79.9. The predicted octanol–water partition coefficient (Wildman–Crippen LogP) is 3.43. The van der Waals surface area contributed by atoms with Gasteiger partial charge in [0.2, 0.25) is 0 Å². The van der Waals surface area contributed by atoms with Crippen molar-refractivity contribution in [3.63, 3.8) is 0 Å². The van der Waals surface area contributed by atoms with Crippen LogP contribution in [0.5, 0.6) is 0 Å². The van der Waals surface area contributed by atoms with Crippen LogP contribution in [0.15, 0.2) is 28.7 Å². The number of methoxy groups -OCH3 is 1. The molecule has 0 fully saturated rings. The summed E-state index contributed by atoms with van der Waals surface area (Å²) in [6, 6.07) is 10.1. The fraction of sp³-hybridized carbons (Fsp3) is 0.462. The summed E-state index contributed by atoms with van der Waals surface area (Å²) in [5.41, 5.74) is 0.193. The van der Waals surface area contributed by atoms with Gasteiger partial charge in [0.1, 0.15) is 0 Å². The minimum absolute atomic E-state index is 0.138. The van der Waals surface area contributed by atoms with Crippen LogP contribution in [0, 0.1) is 17.2 Å². The maximum atomic E-state index is 9.42. The van der Waals surface area contributed by atoms with Crippen molar-refractivity contribution >= 4 is 21.6 Å². The Labute approximate surface area is 111 Å². The third-order valence-corrected chi connectivity index (χ3v) is 3.48. The maximum Gasteiger partial charge on any atom is 0.151 e. The summed E-state index contributed by atoms with van der Waals surface area (Å²) in [6.45, 7) is 4.36. The Kier molecular flexibility index (Phi) is 4.98. The molecule has 0 bridgehead atoms. The van der Waals surface area contributed by atoms with Crippen molar-refractivity contribution in [3.8, 4) is 6.07 Å². The Morgan fingerprint density at radius 3 is 2.59 bits per heavy atom. The number of benzene rings is 1. The molecule has 4 heteroatoms. The molecule has 0 spiro atoms. The molecule has 1 aromatic rings. The lowest BCUT2D eigenvalue weighted by Crippen LogP contribution is -2.46. The molecule has 0 heterocycles. The quantitative estimate of drug-likeness (QED) is 0.905. The lowest BCUT2D eigenvalue weighted by molar-refractivity contribution is 0.144. The van der Waals surface area contributed by atoms with E-state index in [-0.39, 0.29) is 5.92 Å². The molecule has 0 saturated carbocycles. The van der Waals surface area contributed by atoms with E-state index in [2.05, 4.69) is 27.3 Å². The highest BCUT2D eigenvalue weighted by molar-refractivity contribution is 9.10. The van der Waals surface area contributed by atoms with Gasteiger partial charge in [0, 0.05) is 17.3 Å². The van der Waals surface area contributed by atoms with Gasteiger partial charge in [-0.1, -0.05) is 26.0 Å². The summed E-state index contributed by atoms with van der Waals surface area (Å²) >= 11 is 3.47. The molecule has 0 saturated heterocycles. The number of para-hydroxylation sites is 1. The first kappa shape index (κ1) is 14.0. The van der Waals surface area contributed by atoms with E-state index in [1.165, 1.54) is 0 Å². The van der Waals surface area contributed by atoms with Crippen molar-refractivity contribution in [2.45, 2.75) is 19.4 Å². The van der Waals surface area contributed by atoms with E-state index in [0.29, 0.717) is 6.61 Å². The molecule has 0 aliphatic heterocycles. The van der Waals surface area contributed by atoms with Crippen molar-refractivity contribution in [3.05, 3.63) is 28.7 Å². The number of rotatable bonds is 5. The lowest BCUT2D eigenvalue weighted by atomic mass is 9.88. The summed E-state index contributed by atoms with van der Waals surface area (Å²) in [4.78, 5) is 0. The second kappa shape index (κ2) is 6.04. The number of hydrogen-bond acceptors (Lipinski definition) is 3. The van der Waals surface area contributed by atoms with Gasteiger partial charge in [-0.2, -0.15) is 5.26 Å². The number of nitrogens with one attached hydrogen (secondary N) is 1. The van der Waals surface area contributed by atoms with Crippen LogP contribution in [0.1, 0.15) is 13.8 Å². The van der Waals surface area contributed by atoms with Crippen molar-refractivity contribution in [1.29, 1.82) is 5.26 Å². The topological polar surface area (TPSA) is 45.0 Å². The zero-order valence-electron chi connectivity index (χ0n) is 10.3. The summed E-state index contributed by atoms with van der Waals surface area (Å²) in [5, 5.41) is 12.7. The van der Waals surface area contributed by atoms with Gasteiger partial charge in [-0.05, 0) is 34.0 Å². The largest absolute Gasteiger partial charge is 0.381 e. The zero-order valence-corrected chi connectivity index (χ0v) is 11.9. The van der Waals surface area contributed by atoms with E-state index in [9.17, 15) is 5.26 Å². The van der Waals surface area contributed by atoms with Gasteiger partial charge >= 0.3 is 0 Å². The van der Waals surface area contributed by atoms with Gasteiger partial charge in [0.25, 0.3) is 0 Å². The number of anilines is 1. The maximum absolute atomic E-state index is 9.42. The van der Waals surface area contributed by atoms with Crippen LogP contribution in [-0.4, -0.2) is 19.3 Å². The summed E-state index contributed by atoms with van der Waals surface area (Å²) in [7, 11) is 1.61. The third-order valence-electron chi connectivity index (χ3n) is 2.79. The van der Waals surface area contributed by atoms with Crippen LogP contribution in [0.3, 0.4) is 0 Å². The van der Waals surface area contributed by atoms with E-state index in [1.807, 2.05) is 38.1 Å². The third kappa shape index (κ3) is 3.21. The summed E-state index contributed by atoms with van der Waals surface area (Å²) < 4.78 is 6.11. The molecule has 1 N–H and O–H groups in total. The van der Waals surface area contributed by atoms with Gasteiger partial charge in [-0.15, -0.1) is 0 Å². The monoisotopic (exact) mass is 296 g/mol. The minimum Gasteiger partial charge on any atom is -0.381 e. The molecule has 0 aromatic heterocycles. The van der Waals surface area contributed by atoms with Crippen LogP contribution in [0.2, 0.25) is 0 Å². The van der Waals surface area contributed by atoms with E-state index in [0.717, 1.165) is 10.2 Å². The van der Waals surface area contributed by atoms with Crippen molar-refractivity contribution in [2.75, 3.05) is 19.0 Å². The SMILES string of the molecule is COCC(C#N)(Nc1ccccc1Br)C(C)C. The van der Waals surface area contributed by atoms with E-state index in [4.69, 9.17) is 4.74 Å². The molecule has 1 rings (SSSR count). The van der Waals surface area contributed by atoms with Crippen molar-refractivity contribution < 1.29 is 4.74 Å². The van der Waals surface area contributed by atoms with Gasteiger partial charge in [0.05, 0.1) is 12.7 Å². The molecule has 17 heavy (non-hydrogen) atoms. The first-order valence-corrected chi connectivity index (χ1v) is 6.28. The fourth-order valence-corrected chi connectivity index (χ4v) is 1.95. The zero-order chi connectivity index (χ0) is 12.9. The molecule has 0 radical (unpaired) electrons. The van der Waals surface area contributed by atoms with Crippen LogP contribution in [0.4, 0.5) is 5.69 Å². The normalized spacial score (nSPS) is 14.1. The Hall–Kier alpha value is -1.05. The number of nitriles is 1. The van der Waals surface area contributed by atoms with Crippen molar-refractivity contribution in [1.82, 2.24) is 0 Å². The summed E-state index contributed by atoms with van der Waals surface area (Å²) in [5.74, 6) is 0.138. The van der Waals surface area contributed by atoms with E-state index >= 15 is 0 Å². The number of ether oxygens (including phenoxy) is 1. The molecular weight excluding hydrogens is 280 g/mol. The van der Waals surface area contributed by atoms with Crippen LogP contribution in [-0.2, 0) is 4.74 Å². The molecule has 0 aliphatic rings. The molecule has 1 atom stereocenters. The molecule has 3 nitrogen and oxygen atoms in total. The van der Waals surface area contributed by atoms with Gasteiger partial charge < -0.3 is 10.1 Å². The number of nitrogens with zero attached hydrogens (tertiary/aromatic N) is 1. The fourth-order valence-electron chi connectivity index (χ4n) is 1.57. The lowest BCUT2D eigenvalue weighted by Gasteiger charge is -2.32. The van der Waals surface area contributed by atoms with Crippen LogP contribution in [0.25, 0.3) is 0 Å². The van der Waals surface area contributed by atoms with Gasteiger partial charge in [0.15, 0.2) is 5.54 Å². The molecule has 1 aromatic carbocycles. The minimum atomic E-state index is -0.710. The Morgan fingerprint density at radius 1 is 1.47 bits per heavy atom. The van der Waals surface area contributed by atoms with E-state index in [1.54, 1.807) is 7.11 Å². The van der Waals surface area contributed by atoms with Gasteiger partial charge in [-0.3, -0.25) is 0 Å². The molecule has 92 valence electrons. The predicted molar refractivity (Wildman–Crippen MR) is 72.8 cm³/mol. The standard InChI is InChI=1S/C13H17BrN2O/c1-10(2)13(8-15,9-17-3)16-12-7-5-4-6-11(12)14/h4-7,10,16H,9H2,1-3H3. The van der Waals surface area contributed by atoms with Crippen molar-refractivity contribution in [2.24, 2.45) is 5.92 Å². The molecule has 0 amide bonds. The summed E-state index contributed by atoms with van der Waals surface area (Å²) in [6.07, 6.45) is 0. The molecular formula is C13H17BrN2O.